The first-order valence-electron chi connectivity index (χ1n) is 8.64. The van der Waals surface area contributed by atoms with E-state index in [0.29, 0.717) is 6.54 Å². The number of aryl methyl sites for hydroxylation is 1. The second-order valence-electron chi connectivity index (χ2n) is 7.29. The molecule has 0 atom stereocenters. The van der Waals surface area contributed by atoms with Crippen LogP contribution in [0.15, 0.2) is 23.8 Å². The fourth-order valence-electron chi connectivity index (χ4n) is 2.88. The number of hydrogen-bond donors (Lipinski definition) is 1. The van der Waals surface area contributed by atoms with Crippen molar-refractivity contribution >= 4 is 23.7 Å². The normalized spacial score (nSPS) is 14.4. The van der Waals surface area contributed by atoms with Crippen LogP contribution in [0.3, 0.4) is 0 Å². The Hall–Kier alpha value is -2.81. The number of esters is 1. The first kappa shape index (κ1) is 19.5. The minimum absolute atomic E-state index is 0.0431. The average molecular weight is 356 g/mol. The van der Waals surface area contributed by atoms with Crippen LogP contribution in [0.25, 0.3) is 6.08 Å². The summed E-state index contributed by atoms with van der Waals surface area (Å²) in [5.74, 6) is -1.45. The van der Waals surface area contributed by atoms with Crippen LogP contribution in [0.4, 0.5) is 5.69 Å². The average Bonchev–Trinajstić information content (AvgIpc) is 2.55. The highest BCUT2D eigenvalue weighted by Gasteiger charge is 2.21. The van der Waals surface area contributed by atoms with Crippen molar-refractivity contribution in [3.63, 3.8) is 0 Å². The number of benzene rings is 1. The van der Waals surface area contributed by atoms with Crippen LogP contribution < -0.4 is 4.90 Å². The number of rotatable bonds is 5. The second kappa shape index (κ2) is 8.05. The van der Waals surface area contributed by atoms with Crippen molar-refractivity contribution in [2.45, 2.75) is 45.6 Å². The summed E-state index contributed by atoms with van der Waals surface area (Å²) in [6, 6.07) is 7.61. The van der Waals surface area contributed by atoms with E-state index in [0.717, 1.165) is 36.2 Å². The molecule has 26 heavy (non-hydrogen) atoms. The monoisotopic (exact) mass is 356 g/mol. The molecule has 1 aliphatic rings. The molecule has 1 aromatic rings. The van der Waals surface area contributed by atoms with Crippen LogP contribution in [-0.4, -0.2) is 35.7 Å². The van der Waals surface area contributed by atoms with Crippen LogP contribution in [0.5, 0.6) is 0 Å². The van der Waals surface area contributed by atoms with E-state index in [9.17, 15) is 14.9 Å². The highest BCUT2D eigenvalue weighted by Crippen LogP contribution is 2.29. The van der Waals surface area contributed by atoms with E-state index in [4.69, 9.17) is 9.84 Å². The van der Waals surface area contributed by atoms with Crippen LogP contribution in [0.2, 0.25) is 0 Å². The lowest BCUT2D eigenvalue weighted by molar-refractivity contribution is -0.149. The Bertz CT molecular complexity index is 769. The maximum Gasteiger partial charge on any atom is 0.349 e. The molecule has 1 N–H and O–H groups in total. The van der Waals surface area contributed by atoms with E-state index in [1.165, 1.54) is 6.08 Å². The van der Waals surface area contributed by atoms with E-state index < -0.39 is 17.5 Å². The van der Waals surface area contributed by atoms with Gasteiger partial charge in [-0.05, 0) is 62.9 Å². The van der Waals surface area contributed by atoms with Gasteiger partial charge in [0.25, 0.3) is 0 Å². The van der Waals surface area contributed by atoms with Crippen molar-refractivity contribution < 1.29 is 19.4 Å². The van der Waals surface area contributed by atoms with Crippen molar-refractivity contribution in [1.29, 1.82) is 5.26 Å². The third kappa shape index (κ3) is 5.35. The number of carbonyl (C=O) groups is 2. The molecule has 0 saturated carbocycles. The van der Waals surface area contributed by atoms with Crippen molar-refractivity contribution in [1.82, 2.24) is 0 Å². The Labute approximate surface area is 153 Å². The molecule has 138 valence electrons. The number of carboxylic acids is 1. The van der Waals surface area contributed by atoms with Crippen molar-refractivity contribution in [3.8, 4) is 6.07 Å². The largest absolute Gasteiger partial charge is 0.481 e. The molecule has 0 spiro atoms. The number of nitriles is 1. The lowest BCUT2D eigenvalue weighted by atomic mass is 9.98. The summed E-state index contributed by atoms with van der Waals surface area (Å²) in [6.45, 7) is 6.56. The molecule has 1 aliphatic heterocycles. The third-order valence-electron chi connectivity index (χ3n) is 3.96. The van der Waals surface area contributed by atoms with Gasteiger partial charge in [0.05, 0.1) is 6.42 Å². The topological polar surface area (TPSA) is 90.6 Å². The van der Waals surface area contributed by atoms with Gasteiger partial charge in [0.2, 0.25) is 0 Å². The van der Waals surface area contributed by atoms with E-state index in [2.05, 4.69) is 4.90 Å². The maximum atomic E-state index is 12.1. The number of nitrogens with zero attached hydrogens (tertiary/aromatic N) is 2. The fraction of sp³-hybridized carbons (Fsp3) is 0.450. The Morgan fingerprint density at radius 3 is 2.73 bits per heavy atom. The maximum absolute atomic E-state index is 12.1. The van der Waals surface area contributed by atoms with Crippen LogP contribution in [0, 0.1) is 11.3 Å². The van der Waals surface area contributed by atoms with Crippen molar-refractivity contribution in [3.05, 3.63) is 34.9 Å². The predicted octanol–water partition coefficient (Wildman–Crippen LogP) is 3.16. The number of aliphatic carboxylic acids is 1. The molecule has 0 amide bonds. The first-order chi connectivity index (χ1) is 12.2. The predicted molar refractivity (Wildman–Crippen MR) is 98.7 cm³/mol. The van der Waals surface area contributed by atoms with Gasteiger partial charge in [-0.1, -0.05) is 6.07 Å². The van der Waals surface area contributed by atoms with Crippen LogP contribution >= 0.6 is 0 Å². The first-order valence-corrected chi connectivity index (χ1v) is 8.64. The molecule has 0 bridgehead atoms. The molecule has 6 heteroatoms. The van der Waals surface area contributed by atoms with Gasteiger partial charge in [-0.2, -0.15) is 5.26 Å². The van der Waals surface area contributed by atoms with E-state index in [1.807, 2.05) is 24.3 Å². The number of carboxylic acid groups (broad SMARTS) is 1. The summed E-state index contributed by atoms with van der Waals surface area (Å²) in [5, 5.41) is 18.2. The summed E-state index contributed by atoms with van der Waals surface area (Å²) >= 11 is 0. The third-order valence-corrected chi connectivity index (χ3v) is 3.96. The molecule has 0 radical (unpaired) electrons. The highest BCUT2D eigenvalue weighted by molar-refractivity contribution is 5.98. The second-order valence-corrected chi connectivity index (χ2v) is 7.29. The summed E-state index contributed by atoms with van der Waals surface area (Å²) in [6.07, 6.45) is 3.45. The fourth-order valence-corrected chi connectivity index (χ4v) is 2.88. The summed E-state index contributed by atoms with van der Waals surface area (Å²) < 4.78 is 5.25. The number of ether oxygens (including phenoxy) is 1. The van der Waals surface area contributed by atoms with Gasteiger partial charge in [0.1, 0.15) is 17.2 Å². The Morgan fingerprint density at radius 1 is 1.38 bits per heavy atom. The van der Waals surface area contributed by atoms with E-state index in [1.54, 1.807) is 20.8 Å². The summed E-state index contributed by atoms with van der Waals surface area (Å²) in [5.41, 5.74) is 2.17. The standard InChI is InChI=1S/C20H24N2O4/c1-20(2,3)26-19(25)16(13-21)12-14-6-7-17-15(11-14)5-4-9-22(17)10-8-18(23)24/h6-7,11-12H,4-5,8-10H2,1-3H3,(H,23,24). The SMILES string of the molecule is CC(C)(C)OC(=O)C(C#N)=Cc1ccc2c(c1)CCCN2CCC(=O)O. The molecule has 0 aromatic heterocycles. The lowest BCUT2D eigenvalue weighted by Gasteiger charge is -2.31. The molecular formula is C20H24N2O4. The number of fused-ring (bicyclic) bond motifs is 1. The Morgan fingerprint density at radius 2 is 2.12 bits per heavy atom. The quantitative estimate of drug-likeness (QED) is 0.495. The summed E-state index contributed by atoms with van der Waals surface area (Å²) in [7, 11) is 0. The van der Waals surface area contributed by atoms with Gasteiger partial charge < -0.3 is 14.7 Å². The van der Waals surface area contributed by atoms with Crippen molar-refractivity contribution in [2.75, 3.05) is 18.0 Å². The number of anilines is 1. The minimum Gasteiger partial charge on any atom is -0.481 e. The van der Waals surface area contributed by atoms with Gasteiger partial charge in [0.15, 0.2) is 0 Å². The Balaban J connectivity index is 2.23. The van der Waals surface area contributed by atoms with Crippen LogP contribution in [0.1, 0.15) is 44.7 Å². The summed E-state index contributed by atoms with van der Waals surface area (Å²) in [4.78, 5) is 25.0. The number of hydrogen-bond acceptors (Lipinski definition) is 5. The lowest BCUT2D eigenvalue weighted by Crippen LogP contribution is -2.31. The van der Waals surface area contributed by atoms with Gasteiger partial charge >= 0.3 is 11.9 Å². The van der Waals surface area contributed by atoms with Gasteiger partial charge in [-0.15, -0.1) is 0 Å². The minimum atomic E-state index is -0.812. The van der Waals surface area contributed by atoms with E-state index in [-0.39, 0.29) is 12.0 Å². The van der Waals surface area contributed by atoms with Crippen LogP contribution in [-0.2, 0) is 20.7 Å². The zero-order chi connectivity index (χ0) is 19.3. The van der Waals surface area contributed by atoms with Gasteiger partial charge in [-0.25, -0.2) is 4.79 Å². The van der Waals surface area contributed by atoms with E-state index >= 15 is 0 Å². The van der Waals surface area contributed by atoms with Gasteiger partial charge in [-0.3, -0.25) is 4.79 Å². The Kier molecular flexibility index (Phi) is 6.04. The molecule has 0 aliphatic carbocycles. The molecule has 0 fully saturated rings. The van der Waals surface area contributed by atoms with Crippen molar-refractivity contribution in [2.24, 2.45) is 0 Å². The number of carbonyl (C=O) groups excluding carboxylic acids is 1. The molecule has 0 saturated heterocycles. The molecule has 1 aromatic carbocycles. The highest BCUT2D eigenvalue weighted by atomic mass is 16.6. The molecule has 1 heterocycles. The zero-order valence-corrected chi connectivity index (χ0v) is 15.4. The van der Waals surface area contributed by atoms with Gasteiger partial charge in [0, 0.05) is 18.8 Å². The molecular weight excluding hydrogens is 332 g/mol. The molecule has 2 rings (SSSR count). The zero-order valence-electron chi connectivity index (χ0n) is 15.4. The molecule has 6 nitrogen and oxygen atoms in total. The smallest absolute Gasteiger partial charge is 0.349 e. The molecule has 0 unspecified atom stereocenters.